The van der Waals surface area contributed by atoms with Crippen LogP contribution < -0.4 is 19.5 Å². The van der Waals surface area contributed by atoms with Gasteiger partial charge in [-0.3, -0.25) is 9.69 Å². The monoisotopic (exact) mass is 384 g/mol. The molecule has 28 heavy (non-hydrogen) atoms. The summed E-state index contributed by atoms with van der Waals surface area (Å²) in [5, 5.41) is 2.99. The second kappa shape index (κ2) is 8.97. The number of carbonyl (C=O) groups excluding carboxylic acids is 1. The van der Waals surface area contributed by atoms with Gasteiger partial charge < -0.3 is 19.5 Å². The maximum Gasteiger partial charge on any atom is 0.238 e. The van der Waals surface area contributed by atoms with Gasteiger partial charge in [-0.05, 0) is 61.7 Å². The lowest BCUT2D eigenvalue weighted by Gasteiger charge is -2.25. The third-order valence-electron chi connectivity index (χ3n) is 5.13. The standard InChI is InChI=1S/C22H28N2O4/c1-15-7-9-19(26-2)17(12-15)23-22(25)14-24-11-5-6-18(24)16-8-10-20(27-3)21(13-16)28-4/h7-10,12-13,18H,5-6,11,14H2,1-4H3,(H,23,25). The molecule has 1 atom stereocenters. The Morgan fingerprint density at radius 3 is 2.46 bits per heavy atom. The van der Waals surface area contributed by atoms with Crippen molar-refractivity contribution in [3.8, 4) is 17.2 Å². The highest BCUT2D eigenvalue weighted by molar-refractivity contribution is 5.93. The fraction of sp³-hybridized carbons (Fsp3) is 0.409. The van der Waals surface area contributed by atoms with Gasteiger partial charge >= 0.3 is 0 Å². The molecule has 2 aromatic carbocycles. The summed E-state index contributed by atoms with van der Waals surface area (Å²) >= 11 is 0. The number of anilines is 1. The summed E-state index contributed by atoms with van der Waals surface area (Å²) in [4.78, 5) is 14.9. The minimum absolute atomic E-state index is 0.0451. The largest absolute Gasteiger partial charge is 0.495 e. The summed E-state index contributed by atoms with van der Waals surface area (Å²) in [6.45, 7) is 3.20. The van der Waals surface area contributed by atoms with Crippen LogP contribution in [0.4, 0.5) is 5.69 Å². The molecule has 1 unspecified atom stereocenters. The molecule has 0 aromatic heterocycles. The zero-order chi connectivity index (χ0) is 20.1. The molecule has 0 spiro atoms. The Hall–Kier alpha value is -2.73. The number of hydrogen-bond donors (Lipinski definition) is 1. The normalized spacial score (nSPS) is 16.6. The van der Waals surface area contributed by atoms with Crippen LogP contribution in [0.2, 0.25) is 0 Å². The van der Waals surface area contributed by atoms with Crippen LogP contribution in [0, 0.1) is 6.92 Å². The highest BCUT2D eigenvalue weighted by atomic mass is 16.5. The molecule has 150 valence electrons. The van der Waals surface area contributed by atoms with Gasteiger partial charge in [0.25, 0.3) is 0 Å². The van der Waals surface area contributed by atoms with Gasteiger partial charge in [-0.2, -0.15) is 0 Å². The summed E-state index contributed by atoms with van der Waals surface area (Å²) in [6.07, 6.45) is 2.07. The molecule has 0 bridgehead atoms. The van der Waals surface area contributed by atoms with Gasteiger partial charge in [-0.15, -0.1) is 0 Å². The Labute approximate surface area is 166 Å². The van der Waals surface area contributed by atoms with Crippen LogP contribution in [0.1, 0.15) is 30.0 Å². The topological polar surface area (TPSA) is 60.0 Å². The first-order valence-corrected chi connectivity index (χ1v) is 9.46. The molecule has 1 fully saturated rings. The zero-order valence-electron chi connectivity index (χ0n) is 17.0. The van der Waals surface area contributed by atoms with E-state index in [1.165, 1.54) is 0 Å². The molecular weight excluding hydrogens is 356 g/mol. The van der Waals surface area contributed by atoms with Crippen LogP contribution >= 0.6 is 0 Å². The minimum Gasteiger partial charge on any atom is -0.495 e. The lowest BCUT2D eigenvalue weighted by atomic mass is 10.0. The second-order valence-electron chi connectivity index (χ2n) is 6.99. The van der Waals surface area contributed by atoms with Gasteiger partial charge in [0.05, 0.1) is 33.6 Å². The summed E-state index contributed by atoms with van der Waals surface area (Å²) < 4.78 is 16.1. The predicted octanol–water partition coefficient (Wildman–Crippen LogP) is 3.80. The fourth-order valence-electron chi connectivity index (χ4n) is 3.75. The highest BCUT2D eigenvalue weighted by Gasteiger charge is 2.28. The molecule has 6 nitrogen and oxygen atoms in total. The minimum atomic E-state index is -0.0451. The van der Waals surface area contributed by atoms with E-state index in [0.29, 0.717) is 29.5 Å². The van der Waals surface area contributed by atoms with E-state index in [2.05, 4.69) is 10.2 Å². The predicted molar refractivity (Wildman–Crippen MR) is 109 cm³/mol. The molecule has 0 saturated carbocycles. The quantitative estimate of drug-likeness (QED) is 0.787. The van der Waals surface area contributed by atoms with Crippen molar-refractivity contribution in [3.63, 3.8) is 0 Å². The molecule has 2 aromatic rings. The summed E-state index contributed by atoms with van der Waals surface area (Å²) in [5.41, 5.74) is 2.91. The van der Waals surface area contributed by atoms with E-state index < -0.39 is 0 Å². The van der Waals surface area contributed by atoms with Gasteiger partial charge in [-0.25, -0.2) is 0 Å². The number of methoxy groups -OCH3 is 3. The Morgan fingerprint density at radius 2 is 1.75 bits per heavy atom. The molecule has 1 saturated heterocycles. The number of nitrogens with zero attached hydrogens (tertiary/aromatic N) is 1. The van der Waals surface area contributed by atoms with E-state index in [1.807, 2.05) is 43.3 Å². The highest BCUT2D eigenvalue weighted by Crippen LogP contribution is 2.36. The van der Waals surface area contributed by atoms with Crippen LogP contribution in [-0.4, -0.2) is 45.2 Å². The first-order chi connectivity index (χ1) is 13.5. The van der Waals surface area contributed by atoms with Crippen LogP contribution in [0.3, 0.4) is 0 Å². The van der Waals surface area contributed by atoms with Crippen molar-refractivity contribution in [2.24, 2.45) is 0 Å². The van der Waals surface area contributed by atoms with Gasteiger partial charge in [0.15, 0.2) is 11.5 Å². The van der Waals surface area contributed by atoms with E-state index in [-0.39, 0.29) is 11.9 Å². The van der Waals surface area contributed by atoms with Crippen molar-refractivity contribution >= 4 is 11.6 Å². The average Bonchev–Trinajstić information content (AvgIpc) is 3.15. The number of ether oxygens (including phenoxy) is 3. The van der Waals surface area contributed by atoms with Crippen molar-refractivity contribution in [2.75, 3.05) is 39.7 Å². The molecule has 0 aliphatic carbocycles. The molecule has 1 heterocycles. The van der Waals surface area contributed by atoms with Crippen LogP contribution in [0.25, 0.3) is 0 Å². The number of amides is 1. The molecule has 1 aliphatic rings. The van der Waals surface area contributed by atoms with Crippen molar-refractivity contribution < 1.29 is 19.0 Å². The summed E-state index contributed by atoms with van der Waals surface area (Å²) in [6, 6.07) is 11.9. The Morgan fingerprint density at radius 1 is 1.04 bits per heavy atom. The second-order valence-corrected chi connectivity index (χ2v) is 6.99. The molecule has 0 radical (unpaired) electrons. The third-order valence-corrected chi connectivity index (χ3v) is 5.13. The number of aryl methyl sites for hydroxylation is 1. The fourth-order valence-corrected chi connectivity index (χ4v) is 3.75. The Balaban J connectivity index is 1.72. The first-order valence-electron chi connectivity index (χ1n) is 9.46. The number of hydrogen-bond acceptors (Lipinski definition) is 5. The molecule has 1 N–H and O–H groups in total. The summed E-state index contributed by atoms with van der Waals surface area (Å²) in [7, 11) is 4.87. The lowest BCUT2D eigenvalue weighted by Crippen LogP contribution is -2.33. The average molecular weight is 384 g/mol. The third kappa shape index (κ3) is 4.39. The van der Waals surface area contributed by atoms with Gasteiger partial charge in [-0.1, -0.05) is 12.1 Å². The van der Waals surface area contributed by atoms with E-state index in [9.17, 15) is 4.79 Å². The summed E-state index contributed by atoms with van der Waals surface area (Å²) in [5.74, 6) is 2.04. The SMILES string of the molecule is COc1ccc(C)cc1NC(=O)CN1CCCC1c1ccc(OC)c(OC)c1. The van der Waals surface area contributed by atoms with Gasteiger partial charge in [0.1, 0.15) is 5.75 Å². The maximum absolute atomic E-state index is 12.7. The molecule has 1 aliphatic heterocycles. The first kappa shape index (κ1) is 20.0. The molecule has 3 rings (SSSR count). The zero-order valence-corrected chi connectivity index (χ0v) is 17.0. The lowest BCUT2D eigenvalue weighted by molar-refractivity contribution is -0.117. The van der Waals surface area contributed by atoms with Gasteiger partial charge in [0, 0.05) is 6.04 Å². The number of benzene rings is 2. The smallest absolute Gasteiger partial charge is 0.238 e. The van der Waals surface area contributed by atoms with Crippen molar-refractivity contribution in [1.82, 2.24) is 4.90 Å². The van der Waals surface area contributed by atoms with Crippen molar-refractivity contribution in [3.05, 3.63) is 47.5 Å². The number of carbonyl (C=O) groups is 1. The Bertz CT molecular complexity index is 837. The van der Waals surface area contributed by atoms with Crippen LogP contribution in [0.5, 0.6) is 17.2 Å². The number of rotatable bonds is 7. The van der Waals surface area contributed by atoms with Crippen molar-refractivity contribution in [2.45, 2.75) is 25.8 Å². The van der Waals surface area contributed by atoms with Crippen LogP contribution in [0.15, 0.2) is 36.4 Å². The van der Waals surface area contributed by atoms with Gasteiger partial charge in [0.2, 0.25) is 5.91 Å². The number of likely N-dealkylation sites (tertiary alicyclic amines) is 1. The number of nitrogens with one attached hydrogen (secondary N) is 1. The van der Waals surface area contributed by atoms with E-state index >= 15 is 0 Å². The van der Waals surface area contributed by atoms with Crippen LogP contribution in [-0.2, 0) is 4.79 Å². The molecular formula is C22H28N2O4. The Kier molecular flexibility index (Phi) is 6.41. The molecule has 6 heteroatoms. The van der Waals surface area contributed by atoms with E-state index in [4.69, 9.17) is 14.2 Å². The van der Waals surface area contributed by atoms with E-state index in [1.54, 1.807) is 21.3 Å². The van der Waals surface area contributed by atoms with Crippen molar-refractivity contribution in [1.29, 1.82) is 0 Å². The maximum atomic E-state index is 12.7. The van der Waals surface area contributed by atoms with E-state index in [0.717, 1.165) is 30.5 Å². The molecule has 1 amide bonds.